The average Bonchev–Trinajstić information content (AvgIpc) is 3.33. The molecule has 1 N–H and O–H groups in total. The number of hydrogen-bond donors (Lipinski definition) is 1. The van der Waals surface area contributed by atoms with Crippen molar-refractivity contribution < 1.29 is 4.79 Å². The maximum absolute atomic E-state index is 13.0. The van der Waals surface area contributed by atoms with Gasteiger partial charge >= 0.3 is 0 Å². The van der Waals surface area contributed by atoms with E-state index in [1.807, 2.05) is 34.0 Å². The maximum Gasteiger partial charge on any atom is 0.255 e. The molecule has 1 atom stereocenters. The molecular weight excluding hydrogens is 422 g/mol. The fraction of sp³-hybridized carbons (Fsp3) is 0.417. The Morgan fingerprint density at radius 1 is 1.22 bits per heavy atom. The van der Waals surface area contributed by atoms with Crippen molar-refractivity contribution >= 4 is 17.2 Å². The quantitative estimate of drug-likeness (QED) is 0.647. The van der Waals surface area contributed by atoms with E-state index in [0.717, 1.165) is 61.2 Å². The van der Waals surface area contributed by atoms with Crippen LogP contribution in [0.2, 0.25) is 0 Å². The van der Waals surface area contributed by atoms with Gasteiger partial charge in [-0.05, 0) is 53.3 Å². The molecule has 8 heteroatoms. The smallest absolute Gasteiger partial charge is 0.255 e. The highest BCUT2D eigenvalue weighted by molar-refractivity contribution is 7.08. The van der Waals surface area contributed by atoms with Gasteiger partial charge in [0.25, 0.3) is 5.56 Å². The minimum atomic E-state index is -0.152. The third kappa shape index (κ3) is 4.52. The van der Waals surface area contributed by atoms with Gasteiger partial charge in [0.05, 0.1) is 23.7 Å². The summed E-state index contributed by atoms with van der Waals surface area (Å²) < 4.78 is 0. The standard InChI is InChI=1S/C24H27N5O2S/c30-22(12-17-7-11-32-16-17)29-9-2-1-5-21(29)23-26-20-6-10-28(15-19(20)24(31)27-23)14-18-4-3-8-25-13-18/h3-4,7-8,11,13,16,21H,1-2,5-6,9-10,12,14-15H2,(H,26,27,31). The van der Waals surface area contributed by atoms with Gasteiger partial charge in [-0.2, -0.15) is 11.3 Å². The van der Waals surface area contributed by atoms with Gasteiger partial charge < -0.3 is 9.88 Å². The zero-order valence-electron chi connectivity index (χ0n) is 18.0. The summed E-state index contributed by atoms with van der Waals surface area (Å²) in [4.78, 5) is 42.3. The van der Waals surface area contributed by atoms with Crippen LogP contribution in [0.1, 0.15) is 53.5 Å². The topological polar surface area (TPSA) is 82.2 Å². The zero-order chi connectivity index (χ0) is 21.9. The number of carbonyl (C=O) groups is 1. The number of pyridine rings is 1. The molecule has 3 aromatic rings. The highest BCUT2D eigenvalue weighted by Crippen LogP contribution is 2.30. The summed E-state index contributed by atoms with van der Waals surface area (Å²) in [5.41, 5.74) is 3.73. The van der Waals surface area contributed by atoms with Crippen LogP contribution in [0.5, 0.6) is 0 Å². The van der Waals surface area contributed by atoms with Crippen molar-refractivity contribution in [1.29, 1.82) is 0 Å². The molecule has 0 aromatic carbocycles. The summed E-state index contributed by atoms with van der Waals surface area (Å²) in [7, 11) is 0. The van der Waals surface area contributed by atoms with E-state index in [-0.39, 0.29) is 17.5 Å². The first-order valence-corrected chi connectivity index (χ1v) is 12.2. The molecular formula is C24H27N5O2S. The van der Waals surface area contributed by atoms with Crippen molar-refractivity contribution in [2.45, 2.75) is 51.2 Å². The number of piperidine rings is 1. The molecule has 0 bridgehead atoms. The Morgan fingerprint density at radius 2 is 2.16 bits per heavy atom. The Bertz CT molecular complexity index is 1130. The van der Waals surface area contributed by atoms with Crippen LogP contribution in [0.15, 0.2) is 46.1 Å². The number of rotatable bonds is 5. The number of nitrogens with one attached hydrogen (secondary N) is 1. The molecule has 1 amide bonds. The van der Waals surface area contributed by atoms with Gasteiger partial charge in [0.15, 0.2) is 0 Å². The Morgan fingerprint density at radius 3 is 2.97 bits per heavy atom. The third-order valence-corrected chi connectivity index (χ3v) is 7.10. The van der Waals surface area contributed by atoms with E-state index in [1.54, 1.807) is 17.5 Å². The molecule has 0 spiro atoms. The van der Waals surface area contributed by atoms with Crippen molar-refractivity contribution in [3.05, 3.63) is 79.9 Å². The number of aromatic nitrogens is 3. The molecule has 2 aliphatic heterocycles. The summed E-state index contributed by atoms with van der Waals surface area (Å²) in [6.07, 6.45) is 7.64. The van der Waals surface area contributed by atoms with Crippen molar-refractivity contribution in [2.75, 3.05) is 13.1 Å². The van der Waals surface area contributed by atoms with Crippen LogP contribution >= 0.6 is 11.3 Å². The molecule has 1 saturated heterocycles. The summed E-state index contributed by atoms with van der Waals surface area (Å²) >= 11 is 1.61. The van der Waals surface area contributed by atoms with Gasteiger partial charge in [0.1, 0.15) is 5.82 Å². The highest BCUT2D eigenvalue weighted by Gasteiger charge is 2.31. The predicted octanol–water partition coefficient (Wildman–Crippen LogP) is 3.08. The number of amides is 1. The van der Waals surface area contributed by atoms with E-state index >= 15 is 0 Å². The lowest BCUT2D eigenvalue weighted by Gasteiger charge is -2.36. The van der Waals surface area contributed by atoms with E-state index in [2.05, 4.69) is 20.9 Å². The second-order valence-corrected chi connectivity index (χ2v) is 9.39. The Balaban J connectivity index is 1.35. The van der Waals surface area contributed by atoms with Gasteiger partial charge in [-0.3, -0.25) is 19.5 Å². The highest BCUT2D eigenvalue weighted by atomic mass is 32.1. The molecule has 1 unspecified atom stereocenters. The van der Waals surface area contributed by atoms with Crippen LogP contribution in [0.3, 0.4) is 0 Å². The number of likely N-dealkylation sites (tertiary alicyclic amines) is 1. The number of hydrogen-bond acceptors (Lipinski definition) is 6. The minimum Gasteiger partial charge on any atom is -0.332 e. The van der Waals surface area contributed by atoms with Gasteiger partial charge in [-0.25, -0.2) is 4.98 Å². The van der Waals surface area contributed by atoms with Crippen molar-refractivity contribution in [3.8, 4) is 0 Å². The predicted molar refractivity (Wildman–Crippen MR) is 123 cm³/mol. The molecule has 5 heterocycles. The average molecular weight is 450 g/mol. The van der Waals surface area contributed by atoms with Crippen LogP contribution < -0.4 is 5.56 Å². The first-order valence-electron chi connectivity index (χ1n) is 11.2. The minimum absolute atomic E-state index is 0.0725. The maximum atomic E-state index is 13.0. The molecule has 0 radical (unpaired) electrons. The lowest BCUT2D eigenvalue weighted by molar-refractivity contribution is -0.134. The molecule has 166 valence electrons. The molecule has 7 nitrogen and oxygen atoms in total. The molecule has 1 fully saturated rings. The molecule has 32 heavy (non-hydrogen) atoms. The van der Waals surface area contributed by atoms with Crippen LogP contribution in [-0.2, 0) is 30.7 Å². The van der Waals surface area contributed by atoms with Gasteiger partial charge in [-0.15, -0.1) is 0 Å². The summed E-state index contributed by atoms with van der Waals surface area (Å²) in [6, 6.07) is 5.83. The first kappa shape index (κ1) is 21.0. The fourth-order valence-electron chi connectivity index (χ4n) is 4.73. The molecule has 3 aromatic heterocycles. The molecule has 0 aliphatic carbocycles. The summed E-state index contributed by atoms with van der Waals surface area (Å²) in [5, 5.41) is 4.02. The van der Waals surface area contributed by atoms with E-state index in [1.165, 1.54) is 0 Å². The Kier molecular flexibility index (Phi) is 6.14. The monoisotopic (exact) mass is 449 g/mol. The van der Waals surface area contributed by atoms with Crippen molar-refractivity contribution in [2.24, 2.45) is 0 Å². The molecule has 0 saturated carbocycles. The van der Waals surface area contributed by atoms with Crippen LogP contribution in [0, 0.1) is 0 Å². The summed E-state index contributed by atoms with van der Waals surface area (Å²) in [5.74, 6) is 0.754. The zero-order valence-corrected chi connectivity index (χ0v) is 18.8. The first-order chi connectivity index (χ1) is 15.7. The van der Waals surface area contributed by atoms with Gasteiger partial charge in [-0.1, -0.05) is 6.07 Å². The Hall–Kier alpha value is -2.84. The van der Waals surface area contributed by atoms with Crippen LogP contribution in [0.25, 0.3) is 0 Å². The van der Waals surface area contributed by atoms with E-state index in [0.29, 0.717) is 25.3 Å². The van der Waals surface area contributed by atoms with E-state index in [4.69, 9.17) is 4.98 Å². The number of carbonyl (C=O) groups excluding carboxylic acids is 1. The largest absolute Gasteiger partial charge is 0.332 e. The van der Waals surface area contributed by atoms with E-state index < -0.39 is 0 Å². The second-order valence-electron chi connectivity index (χ2n) is 8.61. The van der Waals surface area contributed by atoms with Crippen LogP contribution in [-0.4, -0.2) is 43.7 Å². The number of fused-ring (bicyclic) bond motifs is 1. The summed E-state index contributed by atoms with van der Waals surface area (Å²) in [6.45, 7) is 2.91. The number of H-pyrrole nitrogens is 1. The normalized spacial score (nSPS) is 19.0. The molecule has 2 aliphatic rings. The number of nitrogens with zero attached hydrogens (tertiary/aromatic N) is 4. The lowest BCUT2D eigenvalue weighted by atomic mass is 9.99. The van der Waals surface area contributed by atoms with Crippen LogP contribution in [0.4, 0.5) is 0 Å². The second kappa shape index (κ2) is 9.34. The Labute approximate surface area is 191 Å². The van der Waals surface area contributed by atoms with Crippen molar-refractivity contribution in [3.63, 3.8) is 0 Å². The van der Waals surface area contributed by atoms with Gasteiger partial charge in [0.2, 0.25) is 5.91 Å². The van der Waals surface area contributed by atoms with E-state index in [9.17, 15) is 9.59 Å². The van der Waals surface area contributed by atoms with Gasteiger partial charge in [0, 0.05) is 45.0 Å². The van der Waals surface area contributed by atoms with Crippen molar-refractivity contribution in [1.82, 2.24) is 24.8 Å². The number of aromatic amines is 1. The molecule has 5 rings (SSSR count). The third-order valence-electron chi connectivity index (χ3n) is 6.37. The number of thiophene rings is 1. The SMILES string of the molecule is O=C(Cc1ccsc1)N1CCCCC1c1nc2c(c(=O)[nH]1)CN(Cc1cccnc1)CC2. The lowest BCUT2D eigenvalue weighted by Crippen LogP contribution is -2.42. The fourth-order valence-corrected chi connectivity index (χ4v) is 5.40.